The molecule has 0 unspecified atom stereocenters. The van der Waals surface area contributed by atoms with Gasteiger partial charge < -0.3 is 15.4 Å². The Morgan fingerprint density at radius 2 is 1.90 bits per heavy atom. The van der Waals surface area contributed by atoms with Crippen LogP contribution >= 0.6 is 0 Å². The summed E-state index contributed by atoms with van der Waals surface area (Å²) in [5, 5.41) is 6.38. The van der Waals surface area contributed by atoms with Gasteiger partial charge >= 0.3 is 0 Å². The van der Waals surface area contributed by atoms with Gasteiger partial charge in [0.25, 0.3) is 11.8 Å². The average molecular weight is 389 g/mol. The first kappa shape index (κ1) is 18.9. The molecule has 1 saturated carbocycles. The molecule has 1 heterocycles. The summed E-state index contributed by atoms with van der Waals surface area (Å²) in [6, 6.07) is 16.5. The molecule has 0 spiro atoms. The van der Waals surface area contributed by atoms with Crippen molar-refractivity contribution in [1.29, 1.82) is 0 Å². The minimum absolute atomic E-state index is 0.160. The van der Waals surface area contributed by atoms with Gasteiger partial charge in [-0.2, -0.15) is 0 Å². The first-order chi connectivity index (χ1) is 14.1. The molecule has 2 amide bonds. The number of hydrogen-bond donors (Lipinski definition) is 2. The number of benzene rings is 2. The lowest BCUT2D eigenvalue weighted by Gasteiger charge is -2.12. The van der Waals surface area contributed by atoms with Crippen molar-refractivity contribution in [2.75, 3.05) is 13.7 Å². The molecule has 1 aliphatic carbocycles. The Hall–Kier alpha value is -3.41. The molecule has 1 aromatic heterocycles. The third-order valence-corrected chi connectivity index (χ3v) is 4.95. The predicted molar refractivity (Wildman–Crippen MR) is 111 cm³/mol. The maximum absolute atomic E-state index is 12.7. The molecule has 4 rings (SSSR count). The second kappa shape index (κ2) is 8.31. The minimum Gasteiger partial charge on any atom is -0.493 e. The van der Waals surface area contributed by atoms with Gasteiger partial charge in [0.2, 0.25) is 0 Å². The lowest BCUT2D eigenvalue weighted by atomic mass is 10.1. The molecule has 0 aliphatic heterocycles. The molecule has 2 N–H and O–H groups in total. The highest BCUT2D eigenvalue weighted by Gasteiger charge is 2.23. The zero-order valence-corrected chi connectivity index (χ0v) is 16.3. The standard InChI is InChI=1S/C23H23N3O3/c1-24-22(27)17-6-4-5-16(11-17)13-25-23(28)20-12-21(29-14-15-9-10-15)18-7-2-3-8-19(18)26-20/h2-8,11-12,15H,9-10,13-14H2,1H3,(H,24,27)(H,25,28). The van der Waals surface area contributed by atoms with E-state index < -0.39 is 0 Å². The fourth-order valence-corrected chi connectivity index (χ4v) is 3.11. The van der Waals surface area contributed by atoms with E-state index in [4.69, 9.17) is 4.74 Å². The lowest BCUT2D eigenvalue weighted by molar-refractivity contribution is 0.0944. The highest BCUT2D eigenvalue weighted by atomic mass is 16.5. The first-order valence-corrected chi connectivity index (χ1v) is 9.76. The maximum atomic E-state index is 12.7. The molecular weight excluding hydrogens is 366 g/mol. The Morgan fingerprint density at radius 1 is 1.07 bits per heavy atom. The topological polar surface area (TPSA) is 80.3 Å². The number of nitrogens with one attached hydrogen (secondary N) is 2. The van der Waals surface area contributed by atoms with Gasteiger partial charge in [0, 0.05) is 30.6 Å². The second-order valence-corrected chi connectivity index (χ2v) is 7.24. The molecule has 148 valence electrons. The van der Waals surface area contributed by atoms with Crippen molar-refractivity contribution in [2.24, 2.45) is 5.92 Å². The normalized spacial score (nSPS) is 13.1. The van der Waals surface area contributed by atoms with Gasteiger partial charge in [-0.1, -0.05) is 24.3 Å². The fraction of sp³-hybridized carbons (Fsp3) is 0.261. The molecule has 1 fully saturated rings. The van der Waals surface area contributed by atoms with Gasteiger partial charge in [-0.25, -0.2) is 4.98 Å². The van der Waals surface area contributed by atoms with E-state index in [9.17, 15) is 9.59 Å². The summed E-state index contributed by atoms with van der Waals surface area (Å²) < 4.78 is 5.99. The van der Waals surface area contributed by atoms with Crippen LogP contribution in [0.15, 0.2) is 54.6 Å². The van der Waals surface area contributed by atoms with Gasteiger partial charge in [-0.15, -0.1) is 0 Å². The summed E-state index contributed by atoms with van der Waals surface area (Å²) in [4.78, 5) is 29.0. The van der Waals surface area contributed by atoms with Crippen LogP contribution in [0.1, 0.15) is 39.3 Å². The van der Waals surface area contributed by atoms with Gasteiger partial charge in [0.15, 0.2) is 0 Å². The summed E-state index contributed by atoms with van der Waals surface area (Å²) in [6.45, 7) is 0.970. The first-order valence-electron chi connectivity index (χ1n) is 9.76. The Morgan fingerprint density at radius 3 is 2.69 bits per heavy atom. The van der Waals surface area contributed by atoms with E-state index in [-0.39, 0.29) is 11.8 Å². The number of hydrogen-bond acceptors (Lipinski definition) is 4. The third-order valence-electron chi connectivity index (χ3n) is 4.95. The summed E-state index contributed by atoms with van der Waals surface area (Å²) in [5.74, 6) is 0.866. The van der Waals surface area contributed by atoms with Crippen LogP contribution in [0.2, 0.25) is 0 Å². The monoisotopic (exact) mass is 389 g/mol. The molecule has 6 nitrogen and oxygen atoms in total. The highest BCUT2D eigenvalue weighted by Crippen LogP contribution is 2.32. The molecule has 0 bridgehead atoms. The minimum atomic E-state index is -0.280. The van der Waals surface area contributed by atoms with Crippen LogP contribution in [-0.2, 0) is 6.54 Å². The summed E-state index contributed by atoms with van der Waals surface area (Å²) in [7, 11) is 1.59. The summed E-state index contributed by atoms with van der Waals surface area (Å²) >= 11 is 0. The van der Waals surface area contributed by atoms with Gasteiger partial charge in [0.1, 0.15) is 11.4 Å². The Labute approximate surface area is 169 Å². The van der Waals surface area contributed by atoms with Crippen LogP contribution < -0.4 is 15.4 Å². The molecule has 1 aliphatic rings. The molecule has 6 heteroatoms. The zero-order valence-electron chi connectivity index (χ0n) is 16.3. The fourth-order valence-electron chi connectivity index (χ4n) is 3.11. The number of nitrogens with zero attached hydrogens (tertiary/aromatic N) is 1. The number of aromatic nitrogens is 1. The van der Waals surface area contributed by atoms with E-state index in [0.29, 0.717) is 36.1 Å². The van der Waals surface area contributed by atoms with E-state index >= 15 is 0 Å². The van der Waals surface area contributed by atoms with Crippen LogP contribution in [0.3, 0.4) is 0 Å². The smallest absolute Gasteiger partial charge is 0.270 e. The second-order valence-electron chi connectivity index (χ2n) is 7.24. The average Bonchev–Trinajstić information content (AvgIpc) is 3.59. The number of amides is 2. The van der Waals surface area contributed by atoms with Crippen LogP contribution in [0.25, 0.3) is 10.9 Å². The van der Waals surface area contributed by atoms with Crippen molar-refractivity contribution in [1.82, 2.24) is 15.6 Å². The van der Waals surface area contributed by atoms with Crippen LogP contribution in [0.5, 0.6) is 5.75 Å². The third kappa shape index (κ3) is 4.54. The Bertz CT molecular complexity index is 1060. The van der Waals surface area contributed by atoms with Gasteiger partial charge in [-0.3, -0.25) is 9.59 Å². The maximum Gasteiger partial charge on any atom is 0.270 e. The van der Waals surface area contributed by atoms with E-state index in [1.165, 1.54) is 12.8 Å². The van der Waals surface area contributed by atoms with Crippen LogP contribution in [-0.4, -0.2) is 30.5 Å². The van der Waals surface area contributed by atoms with Gasteiger partial charge in [0.05, 0.1) is 12.1 Å². The quantitative estimate of drug-likeness (QED) is 0.650. The molecule has 0 atom stereocenters. The molecule has 2 aromatic carbocycles. The van der Waals surface area contributed by atoms with E-state index in [1.807, 2.05) is 30.3 Å². The van der Waals surface area contributed by atoms with Crippen molar-refractivity contribution in [2.45, 2.75) is 19.4 Å². The lowest BCUT2D eigenvalue weighted by Crippen LogP contribution is -2.24. The largest absolute Gasteiger partial charge is 0.493 e. The van der Waals surface area contributed by atoms with Crippen LogP contribution in [0.4, 0.5) is 0 Å². The molecule has 29 heavy (non-hydrogen) atoms. The number of carbonyl (C=O) groups is 2. The van der Waals surface area contributed by atoms with Crippen LogP contribution in [0, 0.1) is 5.92 Å². The van der Waals surface area contributed by atoms with E-state index in [0.717, 1.165) is 16.5 Å². The molecular formula is C23H23N3O3. The van der Waals surface area contributed by atoms with Crippen molar-refractivity contribution >= 4 is 22.7 Å². The number of para-hydroxylation sites is 1. The Kier molecular flexibility index (Phi) is 5.42. The van der Waals surface area contributed by atoms with Crippen molar-refractivity contribution in [3.63, 3.8) is 0 Å². The zero-order chi connectivity index (χ0) is 20.2. The summed E-state index contributed by atoms with van der Waals surface area (Å²) in [6.07, 6.45) is 2.40. The highest BCUT2D eigenvalue weighted by molar-refractivity contribution is 5.97. The molecule has 3 aromatic rings. The number of ether oxygens (including phenoxy) is 1. The SMILES string of the molecule is CNC(=O)c1cccc(CNC(=O)c2cc(OCC3CC3)c3ccccc3n2)c1. The molecule has 0 saturated heterocycles. The number of pyridine rings is 1. The summed E-state index contributed by atoms with van der Waals surface area (Å²) in [5.41, 5.74) is 2.44. The van der Waals surface area contributed by atoms with Crippen molar-refractivity contribution in [3.05, 3.63) is 71.4 Å². The number of rotatable bonds is 7. The van der Waals surface area contributed by atoms with Crippen molar-refractivity contribution < 1.29 is 14.3 Å². The van der Waals surface area contributed by atoms with Crippen molar-refractivity contribution in [3.8, 4) is 5.75 Å². The van der Waals surface area contributed by atoms with Gasteiger partial charge in [-0.05, 0) is 48.6 Å². The number of fused-ring (bicyclic) bond motifs is 1. The predicted octanol–water partition coefficient (Wildman–Crippen LogP) is 3.31. The molecule has 0 radical (unpaired) electrons. The Balaban J connectivity index is 1.51. The van der Waals surface area contributed by atoms with E-state index in [1.54, 1.807) is 31.3 Å². The number of carbonyl (C=O) groups excluding carboxylic acids is 2. The van der Waals surface area contributed by atoms with E-state index in [2.05, 4.69) is 15.6 Å².